The monoisotopic (exact) mass is 294 g/mol. The summed E-state index contributed by atoms with van der Waals surface area (Å²) in [6, 6.07) is 0. The Kier molecular flexibility index (Phi) is 6.33. The highest BCUT2D eigenvalue weighted by molar-refractivity contribution is 5.81. The van der Waals surface area contributed by atoms with Gasteiger partial charge in [-0.2, -0.15) is 0 Å². The maximum absolute atomic E-state index is 11.6. The molecule has 2 N–H and O–H groups in total. The Labute approximate surface area is 128 Å². The largest absolute Gasteiger partial charge is 0.356 e. The number of aliphatic imine (C=N–C) groups is 1. The molecule has 1 amide bonds. The van der Waals surface area contributed by atoms with E-state index in [9.17, 15) is 4.79 Å². The lowest BCUT2D eigenvalue weighted by molar-refractivity contribution is -0.120. The first kappa shape index (κ1) is 16.1. The fraction of sp³-hybridized carbons (Fsp3) is 0.875. The third-order valence-electron chi connectivity index (χ3n) is 4.69. The summed E-state index contributed by atoms with van der Waals surface area (Å²) < 4.78 is 0. The van der Waals surface area contributed by atoms with Crippen molar-refractivity contribution in [2.45, 2.75) is 45.4 Å². The first-order chi connectivity index (χ1) is 10.2. The lowest BCUT2D eigenvalue weighted by Crippen LogP contribution is -2.41. The Bertz CT molecular complexity index is 355. The van der Waals surface area contributed by atoms with Gasteiger partial charge in [0.15, 0.2) is 5.96 Å². The molecule has 2 aliphatic rings. The zero-order valence-corrected chi connectivity index (χ0v) is 13.5. The molecule has 0 aromatic heterocycles. The maximum atomic E-state index is 11.6. The average molecular weight is 294 g/mol. The van der Waals surface area contributed by atoms with E-state index in [2.05, 4.69) is 27.4 Å². The van der Waals surface area contributed by atoms with E-state index in [-0.39, 0.29) is 5.91 Å². The van der Waals surface area contributed by atoms with Crippen LogP contribution in [0.4, 0.5) is 0 Å². The van der Waals surface area contributed by atoms with Gasteiger partial charge < -0.3 is 15.5 Å². The summed E-state index contributed by atoms with van der Waals surface area (Å²) in [5.74, 6) is 2.79. The van der Waals surface area contributed by atoms with Crippen LogP contribution in [-0.2, 0) is 4.79 Å². The normalized spacial score (nSPS) is 25.6. The molecule has 1 saturated heterocycles. The zero-order chi connectivity index (χ0) is 15.1. The fourth-order valence-electron chi connectivity index (χ4n) is 3.55. The second-order valence-corrected chi connectivity index (χ2v) is 6.28. The van der Waals surface area contributed by atoms with E-state index in [1.807, 2.05) is 7.05 Å². The van der Waals surface area contributed by atoms with Crippen LogP contribution >= 0.6 is 0 Å². The van der Waals surface area contributed by atoms with Gasteiger partial charge in [0, 0.05) is 39.6 Å². The van der Waals surface area contributed by atoms with Crippen molar-refractivity contribution in [1.29, 1.82) is 0 Å². The van der Waals surface area contributed by atoms with Crippen molar-refractivity contribution in [2.75, 3.05) is 33.2 Å². The SMILES string of the molecule is CCCNC(=O)CCNC(=NC)N1CC2CCCCC2C1. The van der Waals surface area contributed by atoms with Crippen LogP contribution in [0.15, 0.2) is 4.99 Å². The van der Waals surface area contributed by atoms with E-state index in [0.29, 0.717) is 13.0 Å². The number of guanidine groups is 1. The summed E-state index contributed by atoms with van der Waals surface area (Å²) in [6.45, 7) is 5.75. The highest BCUT2D eigenvalue weighted by Gasteiger charge is 2.35. The van der Waals surface area contributed by atoms with Crippen molar-refractivity contribution in [3.8, 4) is 0 Å². The summed E-state index contributed by atoms with van der Waals surface area (Å²) in [4.78, 5) is 18.4. The van der Waals surface area contributed by atoms with E-state index >= 15 is 0 Å². The molecule has 0 spiro atoms. The van der Waals surface area contributed by atoms with Crippen LogP contribution in [0.25, 0.3) is 0 Å². The van der Waals surface area contributed by atoms with Gasteiger partial charge in [-0.05, 0) is 31.1 Å². The summed E-state index contributed by atoms with van der Waals surface area (Å²) in [6.07, 6.45) is 7.02. The number of nitrogens with zero attached hydrogens (tertiary/aromatic N) is 2. The summed E-state index contributed by atoms with van der Waals surface area (Å²) in [7, 11) is 1.83. The molecular formula is C16H30N4O. The summed E-state index contributed by atoms with van der Waals surface area (Å²) in [5.41, 5.74) is 0. The van der Waals surface area contributed by atoms with Crippen LogP contribution in [0.5, 0.6) is 0 Å². The lowest BCUT2D eigenvalue weighted by Gasteiger charge is -2.22. The third kappa shape index (κ3) is 4.61. The van der Waals surface area contributed by atoms with E-state index in [1.165, 1.54) is 25.7 Å². The molecule has 5 heteroatoms. The van der Waals surface area contributed by atoms with Gasteiger partial charge >= 0.3 is 0 Å². The number of carbonyl (C=O) groups excluding carboxylic acids is 1. The molecule has 2 fully saturated rings. The topological polar surface area (TPSA) is 56.7 Å². The molecule has 120 valence electrons. The van der Waals surface area contributed by atoms with Crippen molar-refractivity contribution < 1.29 is 4.79 Å². The second-order valence-electron chi connectivity index (χ2n) is 6.28. The van der Waals surface area contributed by atoms with E-state index in [0.717, 1.165) is 43.9 Å². The highest BCUT2D eigenvalue weighted by Crippen LogP contribution is 2.35. The van der Waals surface area contributed by atoms with Crippen LogP contribution in [0.3, 0.4) is 0 Å². The van der Waals surface area contributed by atoms with Crippen LogP contribution in [0.1, 0.15) is 45.4 Å². The number of carbonyl (C=O) groups is 1. The summed E-state index contributed by atoms with van der Waals surface area (Å²) >= 11 is 0. The van der Waals surface area contributed by atoms with Gasteiger partial charge in [-0.3, -0.25) is 9.79 Å². The average Bonchev–Trinajstić information content (AvgIpc) is 2.93. The van der Waals surface area contributed by atoms with Gasteiger partial charge in [0.05, 0.1) is 0 Å². The van der Waals surface area contributed by atoms with Crippen molar-refractivity contribution in [3.05, 3.63) is 0 Å². The minimum atomic E-state index is 0.120. The Balaban J connectivity index is 1.72. The number of likely N-dealkylation sites (tertiary alicyclic amines) is 1. The minimum Gasteiger partial charge on any atom is -0.356 e. The molecule has 1 saturated carbocycles. The van der Waals surface area contributed by atoms with Crippen molar-refractivity contribution in [1.82, 2.24) is 15.5 Å². The molecule has 1 aliphatic carbocycles. The number of fused-ring (bicyclic) bond motifs is 1. The molecule has 2 rings (SSSR count). The quantitative estimate of drug-likeness (QED) is 0.598. The Morgan fingerprint density at radius 3 is 2.38 bits per heavy atom. The van der Waals surface area contributed by atoms with Crippen molar-refractivity contribution in [2.24, 2.45) is 16.8 Å². The van der Waals surface area contributed by atoms with Crippen LogP contribution in [-0.4, -0.2) is 50.0 Å². The van der Waals surface area contributed by atoms with Gasteiger partial charge in [-0.15, -0.1) is 0 Å². The Morgan fingerprint density at radius 1 is 1.14 bits per heavy atom. The number of hydrogen-bond donors (Lipinski definition) is 2. The highest BCUT2D eigenvalue weighted by atomic mass is 16.1. The summed E-state index contributed by atoms with van der Waals surface area (Å²) in [5, 5.41) is 6.25. The van der Waals surface area contributed by atoms with Gasteiger partial charge in [-0.1, -0.05) is 19.8 Å². The van der Waals surface area contributed by atoms with E-state index in [1.54, 1.807) is 0 Å². The van der Waals surface area contributed by atoms with E-state index < -0.39 is 0 Å². The first-order valence-electron chi connectivity index (χ1n) is 8.47. The smallest absolute Gasteiger partial charge is 0.221 e. The standard InChI is InChI=1S/C16H30N4O/c1-3-9-18-15(21)8-10-19-16(17-2)20-11-13-6-4-5-7-14(13)12-20/h13-14H,3-12H2,1-2H3,(H,17,19)(H,18,21). The van der Waals surface area contributed by atoms with Gasteiger partial charge in [0.25, 0.3) is 0 Å². The lowest BCUT2D eigenvalue weighted by atomic mass is 9.82. The third-order valence-corrected chi connectivity index (χ3v) is 4.69. The van der Waals surface area contributed by atoms with E-state index in [4.69, 9.17) is 0 Å². The molecule has 1 heterocycles. The van der Waals surface area contributed by atoms with Crippen molar-refractivity contribution in [3.63, 3.8) is 0 Å². The molecule has 21 heavy (non-hydrogen) atoms. The first-order valence-corrected chi connectivity index (χ1v) is 8.47. The van der Waals surface area contributed by atoms with Gasteiger partial charge in [0.2, 0.25) is 5.91 Å². The molecule has 1 aliphatic heterocycles. The number of amides is 1. The maximum Gasteiger partial charge on any atom is 0.221 e. The van der Waals surface area contributed by atoms with Crippen LogP contribution in [0, 0.1) is 11.8 Å². The fourth-order valence-corrected chi connectivity index (χ4v) is 3.55. The van der Waals surface area contributed by atoms with Crippen LogP contribution < -0.4 is 10.6 Å². The molecular weight excluding hydrogens is 264 g/mol. The molecule has 0 aromatic rings. The Morgan fingerprint density at radius 2 is 1.81 bits per heavy atom. The molecule has 0 bridgehead atoms. The molecule has 2 unspecified atom stereocenters. The van der Waals surface area contributed by atoms with Gasteiger partial charge in [0.1, 0.15) is 0 Å². The molecule has 0 radical (unpaired) electrons. The number of hydrogen-bond acceptors (Lipinski definition) is 2. The second kappa shape index (κ2) is 8.25. The zero-order valence-electron chi connectivity index (χ0n) is 13.5. The van der Waals surface area contributed by atoms with Crippen LogP contribution in [0.2, 0.25) is 0 Å². The number of nitrogens with one attached hydrogen (secondary N) is 2. The Hall–Kier alpha value is -1.26. The predicted octanol–water partition coefficient (Wildman–Crippen LogP) is 1.60. The predicted molar refractivity (Wildman–Crippen MR) is 86.3 cm³/mol. The molecule has 0 aromatic carbocycles. The minimum absolute atomic E-state index is 0.120. The number of rotatable bonds is 5. The van der Waals surface area contributed by atoms with Crippen molar-refractivity contribution >= 4 is 11.9 Å². The van der Waals surface area contributed by atoms with Gasteiger partial charge in [-0.25, -0.2) is 0 Å². The molecule has 5 nitrogen and oxygen atoms in total. The molecule has 2 atom stereocenters.